The lowest BCUT2D eigenvalue weighted by molar-refractivity contribution is 0.963. The minimum Gasteiger partial charge on any atom is -0.361 e. The molecule has 0 atom stereocenters. The molecular formula is C25H27N7S. The van der Waals surface area contributed by atoms with Crippen LogP contribution in [0, 0.1) is 20.8 Å². The summed E-state index contributed by atoms with van der Waals surface area (Å²) in [7, 11) is 0. The van der Waals surface area contributed by atoms with E-state index in [0.29, 0.717) is 23.6 Å². The van der Waals surface area contributed by atoms with Crippen LogP contribution in [-0.2, 0) is 6.42 Å². The van der Waals surface area contributed by atoms with Gasteiger partial charge >= 0.3 is 0 Å². The van der Waals surface area contributed by atoms with Gasteiger partial charge in [0.2, 0.25) is 11.9 Å². The fourth-order valence-corrected chi connectivity index (χ4v) is 3.75. The van der Waals surface area contributed by atoms with Crippen molar-refractivity contribution >= 4 is 45.8 Å². The number of nitrogens with one attached hydrogen (secondary N) is 4. The number of aryl methyl sites for hydroxylation is 3. The first-order chi connectivity index (χ1) is 16.0. The molecular weight excluding hydrogens is 430 g/mol. The van der Waals surface area contributed by atoms with Gasteiger partial charge in [0.25, 0.3) is 0 Å². The minimum atomic E-state index is 0.432. The quantitative estimate of drug-likeness (QED) is 0.194. The van der Waals surface area contributed by atoms with Crippen molar-refractivity contribution in [1.29, 1.82) is 0 Å². The SMILES string of the molecule is Cc1ccc(NC(=S)NC(=NCCc2c[nH]c3ccccc23)Nc2nc(C)cc(C)n2)cc1. The lowest BCUT2D eigenvalue weighted by Crippen LogP contribution is -2.39. The van der Waals surface area contributed by atoms with Gasteiger partial charge in [0.15, 0.2) is 5.11 Å². The van der Waals surface area contributed by atoms with Gasteiger partial charge < -0.3 is 15.6 Å². The van der Waals surface area contributed by atoms with Gasteiger partial charge in [0, 0.05) is 40.7 Å². The zero-order valence-electron chi connectivity index (χ0n) is 18.9. The fourth-order valence-electron chi connectivity index (χ4n) is 3.53. The van der Waals surface area contributed by atoms with E-state index >= 15 is 0 Å². The predicted molar refractivity (Wildman–Crippen MR) is 140 cm³/mol. The van der Waals surface area contributed by atoms with Crippen LogP contribution in [0.2, 0.25) is 0 Å². The Morgan fingerprint density at radius 1 is 0.970 bits per heavy atom. The fraction of sp³-hybridized carbons (Fsp3) is 0.200. The second kappa shape index (κ2) is 10.2. The third-order valence-corrected chi connectivity index (χ3v) is 5.28. The number of H-pyrrole nitrogens is 1. The molecule has 4 aromatic rings. The highest BCUT2D eigenvalue weighted by molar-refractivity contribution is 7.80. The van der Waals surface area contributed by atoms with Gasteiger partial charge in [-0.1, -0.05) is 35.9 Å². The van der Waals surface area contributed by atoms with Crippen molar-refractivity contribution in [3.63, 3.8) is 0 Å². The Morgan fingerprint density at radius 2 is 1.70 bits per heavy atom. The van der Waals surface area contributed by atoms with Crippen molar-refractivity contribution in [1.82, 2.24) is 20.3 Å². The number of benzene rings is 2. The number of hydrogen-bond acceptors (Lipinski definition) is 4. The molecule has 2 aromatic carbocycles. The van der Waals surface area contributed by atoms with E-state index in [1.54, 1.807) is 0 Å². The molecule has 0 bridgehead atoms. The number of anilines is 2. The number of aromatic nitrogens is 3. The van der Waals surface area contributed by atoms with Crippen LogP contribution in [0.4, 0.5) is 11.6 Å². The summed E-state index contributed by atoms with van der Waals surface area (Å²) >= 11 is 5.52. The first-order valence-corrected chi connectivity index (χ1v) is 11.2. The highest BCUT2D eigenvalue weighted by atomic mass is 32.1. The minimum absolute atomic E-state index is 0.432. The van der Waals surface area contributed by atoms with Crippen molar-refractivity contribution in [3.8, 4) is 0 Å². The van der Waals surface area contributed by atoms with E-state index in [0.717, 1.165) is 29.0 Å². The van der Waals surface area contributed by atoms with Crippen LogP contribution < -0.4 is 16.0 Å². The number of aliphatic imine (C=N–C) groups is 1. The number of thiocarbonyl (C=S) groups is 1. The van der Waals surface area contributed by atoms with Gasteiger partial charge in [-0.3, -0.25) is 10.3 Å². The van der Waals surface area contributed by atoms with Gasteiger partial charge in [-0.2, -0.15) is 0 Å². The molecule has 0 saturated heterocycles. The molecule has 8 heteroatoms. The molecule has 0 fully saturated rings. The number of rotatable bonds is 5. The Morgan fingerprint density at radius 3 is 2.45 bits per heavy atom. The smallest absolute Gasteiger partial charge is 0.229 e. The first-order valence-electron chi connectivity index (χ1n) is 10.8. The molecule has 0 aliphatic carbocycles. The van der Waals surface area contributed by atoms with Crippen LogP contribution in [0.25, 0.3) is 10.9 Å². The maximum absolute atomic E-state index is 5.52. The van der Waals surface area contributed by atoms with E-state index in [9.17, 15) is 0 Å². The number of guanidine groups is 1. The molecule has 0 radical (unpaired) electrons. The highest BCUT2D eigenvalue weighted by Crippen LogP contribution is 2.18. The van der Waals surface area contributed by atoms with E-state index in [1.807, 2.05) is 69.4 Å². The summed E-state index contributed by atoms with van der Waals surface area (Å²) in [6.45, 7) is 6.48. The molecule has 7 nitrogen and oxygen atoms in total. The molecule has 4 rings (SSSR count). The summed E-state index contributed by atoms with van der Waals surface area (Å²) < 4.78 is 0. The topological polar surface area (TPSA) is 90.0 Å². The number of aromatic amines is 1. The molecule has 33 heavy (non-hydrogen) atoms. The van der Waals surface area contributed by atoms with Gasteiger partial charge in [-0.25, -0.2) is 9.97 Å². The van der Waals surface area contributed by atoms with Gasteiger partial charge in [0.1, 0.15) is 0 Å². The Bertz CT molecular complexity index is 1270. The molecule has 168 valence electrons. The molecule has 2 aromatic heterocycles. The molecule has 4 N–H and O–H groups in total. The van der Waals surface area contributed by atoms with E-state index in [4.69, 9.17) is 17.2 Å². The Balaban J connectivity index is 1.49. The average molecular weight is 458 g/mol. The number of fused-ring (bicyclic) bond motifs is 1. The second-order valence-electron chi connectivity index (χ2n) is 7.88. The number of para-hydroxylation sites is 1. The summed E-state index contributed by atoms with van der Waals surface area (Å²) in [6.07, 6.45) is 2.82. The Kier molecular flexibility index (Phi) is 6.95. The predicted octanol–water partition coefficient (Wildman–Crippen LogP) is 4.88. The Labute approximate surface area is 198 Å². The molecule has 2 heterocycles. The van der Waals surface area contributed by atoms with Crippen molar-refractivity contribution in [3.05, 3.63) is 83.3 Å². The van der Waals surface area contributed by atoms with Crippen LogP contribution in [-0.4, -0.2) is 32.6 Å². The standard InChI is InChI=1S/C25H27N7S/c1-16-8-10-20(11-9-16)30-25(33)32-23(31-24-28-17(2)14-18(3)29-24)26-13-12-19-15-27-22-7-5-4-6-21(19)22/h4-11,14-15,27H,12-13H2,1-3H3,(H3,26,28,29,30,31,32,33). The van der Waals surface area contributed by atoms with Crippen molar-refractivity contribution in [2.45, 2.75) is 27.2 Å². The average Bonchev–Trinajstić information content (AvgIpc) is 3.18. The van der Waals surface area contributed by atoms with Crippen LogP contribution in [0.5, 0.6) is 0 Å². The Hall–Kier alpha value is -3.78. The monoisotopic (exact) mass is 457 g/mol. The van der Waals surface area contributed by atoms with Crippen LogP contribution in [0.15, 0.2) is 65.8 Å². The van der Waals surface area contributed by atoms with E-state index in [2.05, 4.69) is 43.0 Å². The normalized spacial score (nSPS) is 11.4. The first kappa shape index (κ1) is 22.4. The largest absolute Gasteiger partial charge is 0.361 e. The third kappa shape index (κ3) is 6.14. The van der Waals surface area contributed by atoms with Crippen LogP contribution >= 0.6 is 12.2 Å². The van der Waals surface area contributed by atoms with Crippen molar-refractivity contribution in [2.75, 3.05) is 17.2 Å². The van der Waals surface area contributed by atoms with E-state index in [-0.39, 0.29) is 0 Å². The second-order valence-corrected chi connectivity index (χ2v) is 8.29. The van der Waals surface area contributed by atoms with E-state index in [1.165, 1.54) is 16.5 Å². The van der Waals surface area contributed by atoms with Crippen LogP contribution in [0.3, 0.4) is 0 Å². The van der Waals surface area contributed by atoms with Crippen molar-refractivity contribution < 1.29 is 0 Å². The van der Waals surface area contributed by atoms with E-state index < -0.39 is 0 Å². The lowest BCUT2D eigenvalue weighted by Gasteiger charge is -2.14. The van der Waals surface area contributed by atoms with Gasteiger partial charge in [0.05, 0.1) is 0 Å². The summed E-state index contributed by atoms with van der Waals surface area (Å²) in [5.74, 6) is 0.966. The number of hydrogen-bond donors (Lipinski definition) is 4. The summed E-state index contributed by atoms with van der Waals surface area (Å²) in [6, 6.07) is 18.2. The number of nitrogens with zero attached hydrogens (tertiary/aromatic N) is 3. The zero-order chi connectivity index (χ0) is 23.2. The molecule has 0 aliphatic rings. The maximum atomic E-state index is 5.52. The molecule has 0 aliphatic heterocycles. The van der Waals surface area contributed by atoms with Gasteiger partial charge in [-0.05, 0) is 69.2 Å². The molecule has 0 spiro atoms. The highest BCUT2D eigenvalue weighted by Gasteiger charge is 2.08. The van der Waals surface area contributed by atoms with Gasteiger partial charge in [-0.15, -0.1) is 0 Å². The van der Waals surface area contributed by atoms with Crippen molar-refractivity contribution in [2.24, 2.45) is 4.99 Å². The summed E-state index contributed by atoms with van der Waals surface area (Å²) in [5, 5.41) is 11.2. The molecule has 0 unspecified atom stereocenters. The zero-order valence-corrected chi connectivity index (χ0v) is 19.8. The molecule has 0 amide bonds. The molecule has 0 saturated carbocycles. The third-order valence-electron chi connectivity index (χ3n) is 5.08. The summed E-state index contributed by atoms with van der Waals surface area (Å²) in [4.78, 5) is 17.0. The lowest BCUT2D eigenvalue weighted by atomic mass is 10.1. The maximum Gasteiger partial charge on any atom is 0.229 e. The summed E-state index contributed by atoms with van der Waals surface area (Å²) in [5.41, 5.74) is 6.19. The van der Waals surface area contributed by atoms with Crippen LogP contribution in [0.1, 0.15) is 22.5 Å².